The van der Waals surface area contributed by atoms with E-state index in [0.29, 0.717) is 48.5 Å². The summed E-state index contributed by atoms with van der Waals surface area (Å²) in [5.41, 5.74) is -0.240. The van der Waals surface area contributed by atoms with Gasteiger partial charge in [0, 0.05) is 23.1 Å². The summed E-state index contributed by atoms with van der Waals surface area (Å²) in [4.78, 5) is 41.6. The van der Waals surface area contributed by atoms with Crippen LogP contribution >= 0.6 is 15.9 Å². The highest BCUT2D eigenvalue weighted by atomic mass is 79.9. The number of amides is 1. The number of hydrogen-bond donors (Lipinski definition) is 1. The number of nitrogens with zero attached hydrogens (tertiary/aromatic N) is 3. The first-order chi connectivity index (χ1) is 15.0. The van der Waals surface area contributed by atoms with Gasteiger partial charge in [0.25, 0.3) is 11.5 Å². The Bertz CT molecular complexity index is 1260. The second-order valence-corrected chi connectivity index (χ2v) is 7.72. The van der Waals surface area contributed by atoms with Crippen LogP contribution < -0.4 is 16.0 Å². The molecular weight excluding hydrogens is 468 g/mol. The molecule has 0 saturated carbocycles. The topological polar surface area (TPSA) is 106 Å². The summed E-state index contributed by atoms with van der Waals surface area (Å²) in [7, 11) is 0. The van der Waals surface area contributed by atoms with Crippen molar-refractivity contribution in [2.24, 2.45) is 5.10 Å². The second kappa shape index (κ2) is 9.27. The fourth-order valence-corrected chi connectivity index (χ4v) is 3.55. The molecule has 4 rings (SSSR count). The summed E-state index contributed by atoms with van der Waals surface area (Å²) in [5, 5.41) is 4.42. The summed E-state index contributed by atoms with van der Waals surface area (Å²) in [6.07, 6.45) is 1.35. The summed E-state index contributed by atoms with van der Waals surface area (Å²) >= 11 is 3.38. The van der Waals surface area contributed by atoms with E-state index in [0.717, 1.165) is 9.15 Å². The Morgan fingerprint density at radius 3 is 2.77 bits per heavy atom. The minimum atomic E-state index is -0.653. The lowest BCUT2D eigenvalue weighted by molar-refractivity contribution is -0.137. The molecule has 0 aliphatic carbocycles. The number of hydrogen-bond acceptors (Lipinski definition) is 6. The lowest BCUT2D eigenvalue weighted by Crippen LogP contribution is -2.43. The minimum Gasteiger partial charge on any atom is -0.483 e. The maximum absolute atomic E-state index is 12.6. The first-order valence-electron chi connectivity index (χ1n) is 9.59. The quantitative estimate of drug-likeness (QED) is 0.551. The molecule has 10 heteroatoms. The van der Waals surface area contributed by atoms with Gasteiger partial charge in [-0.15, -0.1) is 4.68 Å². The predicted octanol–water partition coefficient (Wildman–Crippen LogP) is 1.57. The van der Waals surface area contributed by atoms with Crippen molar-refractivity contribution in [1.29, 1.82) is 0 Å². The van der Waals surface area contributed by atoms with Crippen LogP contribution in [0.15, 0.2) is 61.6 Å². The van der Waals surface area contributed by atoms with E-state index in [1.165, 1.54) is 6.21 Å². The van der Waals surface area contributed by atoms with Gasteiger partial charge in [-0.2, -0.15) is 5.10 Å². The average Bonchev–Trinajstić information content (AvgIpc) is 2.78. The summed E-state index contributed by atoms with van der Waals surface area (Å²) < 4.78 is 12.5. The Morgan fingerprint density at radius 2 is 1.97 bits per heavy atom. The summed E-state index contributed by atoms with van der Waals surface area (Å²) in [6, 6.07) is 11.9. The van der Waals surface area contributed by atoms with Crippen molar-refractivity contribution in [3.8, 4) is 5.75 Å². The maximum atomic E-state index is 12.6. The lowest BCUT2D eigenvalue weighted by Gasteiger charge is -2.26. The van der Waals surface area contributed by atoms with Crippen molar-refractivity contribution in [2.45, 2.75) is 0 Å². The molecule has 1 aliphatic rings. The standard InChI is InChI=1S/C21H19BrN4O5/c22-15-5-6-18(31-13-19(27)25-7-9-30-10-8-25)14(11-15)12-23-26-20(28)16-3-1-2-4-17(16)24-21(26)29/h1-6,11-12H,7-10,13H2,(H,24,29). The number of aromatic amines is 1. The highest BCUT2D eigenvalue weighted by molar-refractivity contribution is 9.10. The fraction of sp³-hybridized carbons (Fsp3) is 0.238. The number of ether oxygens (including phenoxy) is 2. The van der Waals surface area contributed by atoms with Gasteiger partial charge in [0.2, 0.25) is 0 Å². The third-order valence-corrected chi connectivity index (χ3v) is 5.28. The molecule has 9 nitrogen and oxygen atoms in total. The van der Waals surface area contributed by atoms with Crippen LogP contribution in [0.5, 0.6) is 5.75 Å². The van der Waals surface area contributed by atoms with Crippen molar-refractivity contribution < 1.29 is 14.3 Å². The van der Waals surface area contributed by atoms with E-state index in [1.807, 2.05) is 0 Å². The molecular formula is C21H19BrN4O5. The van der Waals surface area contributed by atoms with Crippen LogP contribution in [0.4, 0.5) is 0 Å². The number of benzene rings is 2. The predicted molar refractivity (Wildman–Crippen MR) is 119 cm³/mol. The molecule has 1 N–H and O–H groups in total. The molecule has 2 aromatic carbocycles. The van der Waals surface area contributed by atoms with Crippen LogP contribution in [0, 0.1) is 0 Å². The van der Waals surface area contributed by atoms with Crippen LogP contribution in [-0.4, -0.2) is 59.6 Å². The lowest BCUT2D eigenvalue weighted by atomic mass is 10.2. The second-order valence-electron chi connectivity index (χ2n) is 6.80. The first-order valence-corrected chi connectivity index (χ1v) is 10.4. The number of carbonyl (C=O) groups is 1. The van der Waals surface area contributed by atoms with Gasteiger partial charge in [0.05, 0.1) is 30.3 Å². The Morgan fingerprint density at radius 1 is 1.19 bits per heavy atom. The zero-order valence-corrected chi connectivity index (χ0v) is 18.0. The Balaban J connectivity index is 1.59. The van der Waals surface area contributed by atoms with E-state index in [-0.39, 0.29) is 12.5 Å². The number of aromatic nitrogens is 2. The van der Waals surface area contributed by atoms with Gasteiger partial charge in [-0.05, 0) is 30.3 Å². The van der Waals surface area contributed by atoms with Gasteiger partial charge in [-0.3, -0.25) is 9.59 Å². The third kappa shape index (κ3) is 4.75. The van der Waals surface area contributed by atoms with Gasteiger partial charge in [-0.1, -0.05) is 28.1 Å². The summed E-state index contributed by atoms with van der Waals surface area (Å²) in [5.74, 6) is 0.259. The highest BCUT2D eigenvalue weighted by Gasteiger charge is 2.17. The van der Waals surface area contributed by atoms with Gasteiger partial charge in [-0.25, -0.2) is 4.79 Å². The molecule has 0 bridgehead atoms. The molecule has 3 aromatic rings. The van der Waals surface area contributed by atoms with Crippen molar-refractivity contribution in [2.75, 3.05) is 32.9 Å². The van der Waals surface area contributed by atoms with Gasteiger partial charge < -0.3 is 19.4 Å². The number of morpholine rings is 1. The molecule has 31 heavy (non-hydrogen) atoms. The molecule has 2 heterocycles. The van der Waals surface area contributed by atoms with Crippen LogP contribution in [-0.2, 0) is 9.53 Å². The number of nitrogens with one attached hydrogen (secondary N) is 1. The Kier molecular flexibility index (Phi) is 6.28. The van der Waals surface area contributed by atoms with Gasteiger partial charge in [0.15, 0.2) is 6.61 Å². The van der Waals surface area contributed by atoms with Crippen LogP contribution in [0.3, 0.4) is 0 Å². The molecule has 0 radical (unpaired) electrons. The number of halogens is 1. The Hall–Kier alpha value is -3.24. The minimum absolute atomic E-state index is 0.140. The van der Waals surface area contributed by atoms with E-state index in [1.54, 1.807) is 47.4 Å². The van der Waals surface area contributed by atoms with Crippen molar-refractivity contribution >= 4 is 39.0 Å². The average molecular weight is 487 g/mol. The SMILES string of the molecule is O=C(COc1ccc(Br)cc1C=Nn1c(=O)[nH]c2ccccc2c1=O)N1CCOCC1. The number of para-hydroxylation sites is 1. The number of carbonyl (C=O) groups excluding carboxylic acids is 1. The molecule has 1 aromatic heterocycles. The molecule has 0 unspecified atom stereocenters. The fourth-order valence-electron chi connectivity index (χ4n) is 3.17. The van der Waals surface area contributed by atoms with E-state index >= 15 is 0 Å². The molecule has 1 saturated heterocycles. The molecule has 0 spiro atoms. The zero-order valence-electron chi connectivity index (χ0n) is 16.4. The van der Waals surface area contributed by atoms with Crippen molar-refractivity contribution in [3.05, 3.63) is 73.3 Å². The molecule has 0 atom stereocenters. The normalized spacial score (nSPS) is 14.3. The number of H-pyrrole nitrogens is 1. The molecule has 1 aliphatic heterocycles. The monoisotopic (exact) mass is 486 g/mol. The molecule has 160 valence electrons. The third-order valence-electron chi connectivity index (χ3n) is 4.78. The Labute approximate surface area is 185 Å². The maximum Gasteiger partial charge on any atom is 0.349 e. The van der Waals surface area contributed by atoms with E-state index in [9.17, 15) is 14.4 Å². The molecule has 1 fully saturated rings. The van der Waals surface area contributed by atoms with E-state index in [4.69, 9.17) is 9.47 Å². The van der Waals surface area contributed by atoms with Crippen LogP contribution in [0.1, 0.15) is 5.56 Å². The van der Waals surface area contributed by atoms with E-state index in [2.05, 4.69) is 26.0 Å². The van der Waals surface area contributed by atoms with E-state index < -0.39 is 11.2 Å². The van der Waals surface area contributed by atoms with Gasteiger partial charge >= 0.3 is 5.69 Å². The largest absolute Gasteiger partial charge is 0.483 e. The smallest absolute Gasteiger partial charge is 0.349 e. The van der Waals surface area contributed by atoms with Crippen molar-refractivity contribution in [1.82, 2.24) is 14.6 Å². The molecule has 1 amide bonds. The number of fused-ring (bicyclic) bond motifs is 1. The van der Waals surface area contributed by atoms with Crippen LogP contribution in [0.25, 0.3) is 10.9 Å². The highest BCUT2D eigenvalue weighted by Crippen LogP contribution is 2.22. The number of rotatable bonds is 5. The summed E-state index contributed by atoms with van der Waals surface area (Å²) in [6.45, 7) is 1.95. The van der Waals surface area contributed by atoms with Crippen molar-refractivity contribution in [3.63, 3.8) is 0 Å². The van der Waals surface area contributed by atoms with Gasteiger partial charge in [0.1, 0.15) is 5.75 Å². The zero-order chi connectivity index (χ0) is 21.8. The van der Waals surface area contributed by atoms with Crippen LogP contribution in [0.2, 0.25) is 0 Å². The first kappa shape index (κ1) is 21.0.